The fourth-order valence-corrected chi connectivity index (χ4v) is 3.95. The predicted molar refractivity (Wildman–Crippen MR) is 89.5 cm³/mol. The highest BCUT2D eigenvalue weighted by Crippen LogP contribution is 2.37. The van der Waals surface area contributed by atoms with Gasteiger partial charge in [-0.25, -0.2) is 4.98 Å². The Labute approximate surface area is 136 Å². The molecule has 2 heterocycles. The van der Waals surface area contributed by atoms with E-state index in [1.54, 1.807) is 28.2 Å². The molecular weight excluding hydrogens is 318 g/mol. The van der Waals surface area contributed by atoms with Crippen LogP contribution in [-0.2, 0) is 9.59 Å². The molecule has 0 bridgehead atoms. The quantitative estimate of drug-likeness (QED) is 0.938. The molecule has 3 rings (SSSR count). The molecule has 7 heteroatoms. The van der Waals surface area contributed by atoms with Crippen molar-refractivity contribution in [2.75, 3.05) is 16.8 Å². The van der Waals surface area contributed by atoms with Crippen molar-refractivity contribution in [1.82, 2.24) is 4.98 Å². The summed E-state index contributed by atoms with van der Waals surface area (Å²) in [6.45, 7) is 2.03. The second-order valence-corrected chi connectivity index (χ2v) is 7.34. The molecule has 2 aromatic rings. The minimum atomic E-state index is -0.238. The topological polar surface area (TPSA) is 62.3 Å². The van der Waals surface area contributed by atoms with Crippen LogP contribution in [0.2, 0.25) is 0 Å². The first kappa shape index (κ1) is 15.1. The Balaban J connectivity index is 1.82. The SMILES string of the molecule is CC1CC(=O)N(CC(=O)Nc2nccs2)c2ccccc2S1. The van der Waals surface area contributed by atoms with E-state index < -0.39 is 0 Å². The van der Waals surface area contributed by atoms with E-state index in [0.717, 1.165) is 10.6 Å². The van der Waals surface area contributed by atoms with Gasteiger partial charge in [-0.2, -0.15) is 0 Å². The van der Waals surface area contributed by atoms with Gasteiger partial charge >= 0.3 is 0 Å². The van der Waals surface area contributed by atoms with Crippen LogP contribution in [0, 0.1) is 0 Å². The van der Waals surface area contributed by atoms with Crippen LogP contribution in [0.3, 0.4) is 0 Å². The molecule has 1 atom stereocenters. The van der Waals surface area contributed by atoms with E-state index >= 15 is 0 Å². The van der Waals surface area contributed by atoms with Gasteiger partial charge in [0, 0.05) is 28.1 Å². The smallest absolute Gasteiger partial charge is 0.246 e. The molecule has 1 unspecified atom stereocenters. The van der Waals surface area contributed by atoms with E-state index in [9.17, 15) is 9.59 Å². The lowest BCUT2D eigenvalue weighted by atomic mass is 10.2. The largest absolute Gasteiger partial charge is 0.302 e. The molecule has 1 N–H and O–H groups in total. The summed E-state index contributed by atoms with van der Waals surface area (Å²) in [5.74, 6) is -0.267. The van der Waals surface area contributed by atoms with Crippen molar-refractivity contribution in [2.24, 2.45) is 0 Å². The molecule has 0 saturated carbocycles. The van der Waals surface area contributed by atoms with Crippen LogP contribution < -0.4 is 10.2 Å². The van der Waals surface area contributed by atoms with Crippen molar-refractivity contribution in [3.63, 3.8) is 0 Å². The predicted octanol–water partition coefficient (Wildman–Crippen LogP) is 3.00. The minimum absolute atomic E-state index is 0.00269. The third-order valence-electron chi connectivity index (χ3n) is 3.23. The van der Waals surface area contributed by atoms with E-state index in [2.05, 4.69) is 10.3 Å². The summed E-state index contributed by atoms with van der Waals surface area (Å²) in [5.41, 5.74) is 0.802. The molecule has 0 fully saturated rings. The molecule has 1 aromatic carbocycles. The standard InChI is InChI=1S/C15H15N3O2S2/c1-10-8-14(20)18(11-4-2-3-5-12(11)22-10)9-13(19)17-15-16-6-7-21-15/h2-7,10H,8-9H2,1H3,(H,16,17,19). The molecule has 0 saturated heterocycles. The van der Waals surface area contributed by atoms with E-state index in [0.29, 0.717) is 11.6 Å². The van der Waals surface area contributed by atoms with Gasteiger partial charge in [0.15, 0.2) is 5.13 Å². The Morgan fingerprint density at radius 2 is 2.27 bits per heavy atom. The first-order valence-electron chi connectivity index (χ1n) is 6.89. The normalized spacial score (nSPS) is 17.8. The lowest BCUT2D eigenvalue weighted by Crippen LogP contribution is -2.38. The number of fused-ring (bicyclic) bond motifs is 1. The van der Waals surface area contributed by atoms with Gasteiger partial charge in [0.25, 0.3) is 0 Å². The number of nitrogens with zero attached hydrogens (tertiary/aromatic N) is 2. The van der Waals surface area contributed by atoms with Crippen molar-refractivity contribution in [3.05, 3.63) is 35.8 Å². The number of thioether (sulfide) groups is 1. The van der Waals surface area contributed by atoms with Gasteiger partial charge in [-0.15, -0.1) is 23.1 Å². The zero-order valence-corrected chi connectivity index (χ0v) is 13.6. The maximum Gasteiger partial charge on any atom is 0.246 e. The monoisotopic (exact) mass is 333 g/mol. The second-order valence-electron chi connectivity index (χ2n) is 4.97. The molecule has 1 aromatic heterocycles. The number of hydrogen-bond donors (Lipinski definition) is 1. The Kier molecular flexibility index (Phi) is 4.44. The number of thiazole rings is 1. The minimum Gasteiger partial charge on any atom is -0.302 e. The summed E-state index contributed by atoms with van der Waals surface area (Å²) in [4.78, 5) is 31.2. The third-order valence-corrected chi connectivity index (χ3v) is 5.08. The van der Waals surface area contributed by atoms with Gasteiger partial charge in [0.1, 0.15) is 6.54 Å². The van der Waals surface area contributed by atoms with Crippen LogP contribution in [0.15, 0.2) is 40.7 Å². The summed E-state index contributed by atoms with van der Waals surface area (Å²) in [6.07, 6.45) is 2.05. The number of carbonyl (C=O) groups is 2. The van der Waals surface area contributed by atoms with Crippen molar-refractivity contribution in [3.8, 4) is 0 Å². The molecule has 1 aliphatic rings. The average Bonchev–Trinajstić information content (AvgIpc) is 2.94. The summed E-state index contributed by atoms with van der Waals surface area (Å²) in [6, 6.07) is 7.70. The number of amides is 2. The Hall–Kier alpha value is -1.86. The molecule has 0 aliphatic carbocycles. The van der Waals surface area contributed by atoms with Gasteiger partial charge in [-0.05, 0) is 12.1 Å². The number of rotatable bonds is 3. The molecule has 5 nitrogen and oxygen atoms in total. The van der Waals surface area contributed by atoms with Crippen LogP contribution in [0.1, 0.15) is 13.3 Å². The summed E-state index contributed by atoms with van der Waals surface area (Å²) >= 11 is 3.02. The van der Waals surface area contributed by atoms with E-state index in [1.807, 2.05) is 31.2 Å². The van der Waals surface area contributed by atoms with Gasteiger partial charge in [-0.3, -0.25) is 9.59 Å². The lowest BCUT2D eigenvalue weighted by Gasteiger charge is -2.21. The Bertz CT molecular complexity index is 688. The fourth-order valence-electron chi connectivity index (χ4n) is 2.29. The maximum atomic E-state index is 12.4. The first-order chi connectivity index (χ1) is 10.6. The molecule has 2 amide bonds. The van der Waals surface area contributed by atoms with Crippen molar-refractivity contribution < 1.29 is 9.59 Å². The van der Waals surface area contributed by atoms with Crippen molar-refractivity contribution >= 4 is 45.7 Å². The average molecular weight is 333 g/mol. The number of hydrogen-bond acceptors (Lipinski definition) is 5. The third kappa shape index (κ3) is 3.31. The number of anilines is 2. The number of nitrogens with one attached hydrogen (secondary N) is 1. The maximum absolute atomic E-state index is 12.4. The van der Waals surface area contributed by atoms with Gasteiger partial charge < -0.3 is 10.2 Å². The fraction of sp³-hybridized carbons (Fsp3) is 0.267. The summed E-state index contributed by atoms with van der Waals surface area (Å²) in [7, 11) is 0. The molecule has 1 aliphatic heterocycles. The summed E-state index contributed by atoms with van der Waals surface area (Å²) < 4.78 is 0. The molecular formula is C15H15N3O2S2. The summed E-state index contributed by atoms with van der Waals surface area (Å²) in [5, 5.41) is 5.25. The number of benzene rings is 1. The lowest BCUT2D eigenvalue weighted by molar-refractivity contribution is -0.121. The number of carbonyl (C=O) groups excluding carboxylic acids is 2. The van der Waals surface area contributed by atoms with E-state index in [1.165, 1.54) is 11.3 Å². The van der Waals surface area contributed by atoms with Crippen molar-refractivity contribution in [2.45, 2.75) is 23.5 Å². The molecule has 114 valence electrons. The Morgan fingerprint density at radius 1 is 1.45 bits per heavy atom. The van der Waals surface area contributed by atoms with Crippen LogP contribution >= 0.6 is 23.1 Å². The Morgan fingerprint density at radius 3 is 3.05 bits per heavy atom. The van der Waals surface area contributed by atoms with E-state index in [4.69, 9.17) is 0 Å². The zero-order valence-electron chi connectivity index (χ0n) is 12.0. The van der Waals surface area contributed by atoms with Crippen molar-refractivity contribution in [1.29, 1.82) is 0 Å². The van der Waals surface area contributed by atoms with Crippen LogP contribution in [-0.4, -0.2) is 28.6 Å². The van der Waals surface area contributed by atoms with Crippen LogP contribution in [0.4, 0.5) is 10.8 Å². The van der Waals surface area contributed by atoms with E-state index in [-0.39, 0.29) is 23.6 Å². The molecule has 22 heavy (non-hydrogen) atoms. The highest BCUT2D eigenvalue weighted by molar-refractivity contribution is 8.00. The van der Waals surface area contributed by atoms with Gasteiger partial charge in [0.2, 0.25) is 11.8 Å². The van der Waals surface area contributed by atoms with Crippen LogP contribution in [0.25, 0.3) is 0 Å². The van der Waals surface area contributed by atoms with Gasteiger partial charge in [0.05, 0.1) is 5.69 Å². The molecule has 0 spiro atoms. The first-order valence-corrected chi connectivity index (χ1v) is 8.65. The second kappa shape index (κ2) is 6.50. The zero-order chi connectivity index (χ0) is 15.5. The van der Waals surface area contributed by atoms with Gasteiger partial charge in [-0.1, -0.05) is 19.1 Å². The highest BCUT2D eigenvalue weighted by Gasteiger charge is 2.27. The number of para-hydroxylation sites is 1. The number of aromatic nitrogens is 1. The van der Waals surface area contributed by atoms with Crippen LogP contribution in [0.5, 0.6) is 0 Å². The molecule has 0 radical (unpaired) electrons. The highest BCUT2D eigenvalue weighted by atomic mass is 32.2.